The highest BCUT2D eigenvalue weighted by Crippen LogP contribution is 2.41. The number of aromatic nitrogens is 5. The van der Waals surface area contributed by atoms with E-state index in [0.29, 0.717) is 22.0 Å². The number of nitrogens with one attached hydrogen (secondary N) is 2. The van der Waals surface area contributed by atoms with Crippen molar-refractivity contribution >= 4 is 35.3 Å². The normalized spacial score (nSPS) is 11.3. The fraction of sp³-hybridized carbons (Fsp3) is 0.240. The fourth-order valence-corrected chi connectivity index (χ4v) is 4.76. The van der Waals surface area contributed by atoms with Gasteiger partial charge >= 0.3 is 17.8 Å². The summed E-state index contributed by atoms with van der Waals surface area (Å²) in [5.41, 5.74) is -1.68. The first-order chi connectivity index (χ1) is 18.4. The lowest BCUT2D eigenvalue weighted by molar-refractivity contribution is 0.0612. The van der Waals surface area contributed by atoms with Crippen molar-refractivity contribution in [2.24, 2.45) is 0 Å². The van der Waals surface area contributed by atoms with Gasteiger partial charge in [-0.25, -0.2) is 14.4 Å². The Labute approximate surface area is 230 Å². The van der Waals surface area contributed by atoms with E-state index in [1.807, 2.05) is 36.2 Å². The highest BCUT2D eigenvalue weighted by molar-refractivity contribution is 6.36. The number of carbonyl (C=O) groups excluding carboxylic acids is 2. The van der Waals surface area contributed by atoms with Crippen LogP contribution in [0.2, 0.25) is 10.0 Å². The Morgan fingerprint density at radius 2 is 1.82 bits per heavy atom. The summed E-state index contributed by atoms with van der Waals surface area (Å²) in [6, 6.07) is 10.3. The Kier molecular flexibility index (Phi) is 7.70. The summed E-state index contributed by atoms with van der Waals surface area (Å²) in [5.74, 6) is -0.712. The number of H-pyrrole nitrogens is 1. The van der Waals surface area contributed by atoms with E-state index in [4.69, 9.17) is 27.7 Å². The van der Waals surface area contributed by atoms with Crippen LogP contribution in [0.5, 0.6) is 0 Å². The molecule has 0 saturated heterocycles. The number of alkyl carbamates (subject to hydrolysis) is 1. The molecule has 202 valence electrons. The number of ether oxygens (including phenoxy) is 1. The van der Waals surface area contributed by atoms with Gasteiger partial charge in [-0.05, 0) is 51.5 Å². The molecule has 0 bridgehead atoms. The number of carbonyl (C=O) groups is 2. The van der Waals surface area contributed by atoms with E-state index < -0.39 is 34.4 Å². The summed E-state index contributed by atoms with van der Waals surface area (Å²) >= 11 is 13.3. The van der Waals surface area contributed by atoms with Gasteiger partial charge < -0.3 is 14.6 Å². The molecule has 4 aromatic rings. The minimum absolute atomic E-state index is 0.0339. The monoisotopic (exact) mass is 572 g/mol. The molecule has 2 heterocycles. The quantitative estimate of drug-likeness (QED) is 0.258. The minimum Gasteiger partial charge on any atom is -0.371 e. The van der Waals surface area contributed by atoms with Crippen molar-refractivity contribution in [1.29, 1.82) is 0 Å². The fourth-order valence-electron chi connectivity index (χ4n) is 3.81. The Balaban J connectivity index is 1.73. The van der Waals surface area contributed by atoms with Crippen LogP contribution >= 0.6 is 23.2 Å². The summed E-state index contributed by atoms with van der Waals surface area (Å²) in [4.78, 5) is 55.1. The first kappa shape index (κ1) is 27.7. The number of esters is 1. The lowest BCUT2D eigenvalue weighted by Crippen LogP contribution is -2.37. The van der Waals surface area contributed by atoms with Gasteiger partial charge in [0.15, 0.2) is 5.82 Å². The summed E-state index contributed by atoms with van der Waals surface area (Å²) in [6.45, 7) is 7.32. The van der Waals surface area contributed by atoms with Crippen molar-refractivity contribution in [1.82, 2.24) is 30.2 Å². The molecule has 0 aliphatic heterocycles. The van der Waals surface area contributed by atoms with Gasteiger partial charge in [0.25, 0.3) is 11.4 Å². The molecule has 1 amide bonds. The minimum atomic E-state index is -1.35. The molecule has 0 aliphatic carbocycles. The average Bonchev–Trinajstić information content (AvgIpc) is 3.35. The van der Waals surface area contributed by atoms with Crippen molar-refractivity contribution in [3.63, 3.8) is 0 Å². The highest BCUT2D eigenvalue weighted by Gasteiger charge is 2.34. The molecule has 0 atom stereocenters. The third-order valence-corrected chi connectivity index (χ3v) is 6.38. The Morgan fingerprint density at radius 1 is 1.15 bits per heavy atom. The molecule has 0 radical (unpaired) electrons. The van der Waals surface area contributed by atoms with E-state index in [2.05, 4.69) is 25.3 Å². The molecule has 4 rings (SSSR count). The second-order valence-electron chi connectivity index (χ2n) is 8.87. The van der Waals surface area contributed by atoms with E-state index in [-0.39, 0.29) is 22.3 Å². The van der Waals surface area contributed by atoms with Crippen molar-refractivity contribution < 1.29 is 18.8 Å². The largest absolute Gasteiger partial charge is 0.415 e. The molecule has 0 saturated carbocycles. The van der Waals surface area contributed by atoms with Crippen molar-refractivity contribution in [3.8, 4) is 17.1 Å². The maximum atomic E-state index is 12.5. The Hall–Kier alpha value is -4.29. The SMILES string of the molecule is CCNC(=O)OC(=O)c1nn(-c2cc(Cl)c(C(C)(C)c3noc(-c4ccccc4C)n3)c(Cl)c2)c(=O)[nH]c1=O. The lowest BCUT2D eigenvalue weighted by Gasteiger charge is -2.24. The van der Waals surface area contributed by atoms with Crippen molar-refractivity contribution in [3.05, 3.63) is 89.9 Å². The van der Waals surface area contributed by atoms with Crippen LogP contribution in [0.15, 0.2) is 50.5 Å². The average molecular weight is 573 g/mol. The lowest BCUT2D eigenvalue weighted by atomic mass is 9.83. The van der Waals surface area contributed by atoms with Crippen molar-refractivity contribution in [2.75, 3.05) is 6.54 Å². The maximum Gasteiger partial charge on any atom is 0.415 e. The number of nitrogens with zero attached hydrogens (tertiary/aromatic N) is 4. The molecule has 2 aromatic carbocycles. The van der Waals surface area contributed by atoms with Gasteiger partial charge in [-0.15, -0.1) is 0 Å². The van der Waals surface area contributed by atoms with E-state index in [1.165, 1.54) is 12.1 Å². The first-order valence-electron chi connectivity index (χ1n) is 11.6. The van der Waals surface area contributed by atoms with Crippen molar-refractivity contribution in [2.45, 2.75) is 33.1 Å². The molecule has 14 heteroatoms. The summed E-state index contributed by atoms with van der Waals surface area (Å²) in [5, 5.41) is 10.4. The van der Waals surface area contributed by atoms with E-state index >= 15 is 0 Å². The number of hydrogen-bond donors (Lipinski definition) is 2. The molecule has 39 heavy (non-hydrogen) atoms. The van der Waals surface area contributed by atoms with Crippen LogP contribution in [0.25, 0.3) is 17.1 Å². The number of aryl methyl sites for hydroxylation is 1. The molecule has 0 unspecified atom stereocenters. The van der Waals surface area contributed by atoms with E-state index in [1.54, 1.807) is 20.8 Å². The molecular weight excluding hydrogens is 551 g/mol. The van der Waals surface area contributed by atoms with Gasteiger partial charge in [-0.3, -0.25) is 9.78 Å². The predicted molar refractivity (Wildman–Crippen MR) is 142 cm³/mol. The van der Waals surface area contributed by atoms with E-state index in [0.717, 1.165) is 11.1 Å². The third-order valence-electron chi connectivity index (χ3n) is 5.78. The van der Waals surface area contributed by atoms with E-state index in [9.17, 15) is 19.2 Å². The van der Waals surface area contributed by atoms with Crippen LogP contribution in [-0.4, -0.2) is 43.5 Å². The van der Waals surface area contributed by atoms with Crippen LogP contribution in [0.1, 0.15) is 48.2 Å². The molecule has 0 fully saturated rings. The zero-order chi connectivity index (χ0) is 28.5. The molecule has 0 aliphatic rings. The van der Waals surface area contributed by atoms with Crippen LogP contribution < -0.4 is 16.6 Å². The first-order valence-corrected chi connectivity index (χ1v) is 12.3. The second kappa shape index (κ2) is 10.8. The highest BCUT2D eigenvalue weighted by atomic mass is 35.5. The van der Waals surface area contributed by atoms with Crippen LogP contribution in [0.3, 0.4) is 0 Å². The van der Waals surface area contributed by atoms with Gasteiger partial charge in [0.1, 0.15) is 0 Å². The molecule has 12 nitrogen and oxygen atoms in total. The second-order valence-corrected chi connectivity index (χ2v) is 9.69. The van der Waals surface area contributed by atoms with Gasteiger partial charge in [0.2, 0.25) is 5.69 Å². The smallest absolute Gasteiger partial charge is 0.371 e. The number of hydrogen-bond acceptors (Lipinski definition) is 9. The standard InChI is InChI=1S/C25H22Cl2N6O6/c1-5-28-24(37)38-21(35)18-19(34)29-23(36)33(31-18)13-10-15(26)17(16(27)11-13)25(3,4)22-30-20(39-32-22)14-9-7-6-8-12(14)2/h6-11H,5H2,1-4H3,(H,28,37)(H,29,34,36). The van der Waals surface area contributed by atoms with Gasteiger partial charge in [-0.1, -0.05) is 46.6 Å². The molecular formula is C25H22Cl2N6O6. The zero-order valence-electron chi connectivity index (χ0n) is 21.2. The summed E-state index contributed by atoms with van der Waals surface area (Å²) in [7, 11) is 0. The number of benzene rings is 2. The molecule has 0 spiro atoms. The zero-order valence-corrected chi connectivity index (χ0v) is 22.7. The van der Waals surface area contributed by atoms with Gasteiger partial charge in [0, 0.05) is 27.7 Å². The van der Waals surface area contributed by atoms with Crippen LogP contribution in [-0.2, 0) is 10.2 Å². The molecule has 2 aromatic heterocycles. The Morgan fingerprint density at radius 3 is 2.46 bits per heavy atom. The summed E-state index contributed by atoms with van der Waals surface area (Å²) < 4.78 is 10.7. The number of aromatic amines is 1. The van der Waals surface area contributed by atoms with Gasteiger partial charge in [-0.2, -0.15) is 14.8 Å². The number of amides is 1. The number of halogens is 2. The summed E-state index contributed by atoms with van der Waals surface area (Å²) in [6.07, 6.45) is -1.08. The van der Waals surface area contributed by atoms with Crippen LogP contribution in [0, 0.1) is 6.92 Å². The Bertz CT molecular complexity index is 1680. The maximum absolute atomic E-state index is 12.5. The topological polar surface area (TPSA) is 162 Å². The third kappa shape index (κ3) is 5.47. The van der Waals surface area contributed by atoms with Crippen LogP contribution in [0.4, 0.5) is 4.79 Å². The molecule has 2 N–H and O–H groups in total. The number of rotatable bonds is 6. The predicted octanol–water partition coefficient (Wildman–Crippen LogP) is 3.80. The van der Waals surface area contributed by atoms with Gasteiger partial charge in [0.05, 0.1) is 11.1 Å².